The molecular weight excluding hydrogens is 282 g/mol. The topological polar surface area (TPSA) is 56.8 Å². The van der Waals surface area contributed by atoms with Crippen LogP contribution in [0.3, 0.4) is 0 Å². The molecule has 0 spiro atoms. The van der Waals surface area contributed by atoms with Crippen molar-refractivity contribution in [2.24, 2.45) is 0 Å². The van der Waals surface area contributed by atoms with Crippen molar-refractivity contribution in [3.63, 3.8) is 0 Å². The highest BCUT2D eigenvalue weighted by Crippen LogP contribution is 2.42. The summed E-state index contributed by atoms with van der Waals surface area (Å²) in [6, 6.07) is 6.85. The van der Waals surface area contributed by atoms with Crippen LogP contribution in [0.2, 0.25) is 5.02 Å². The number of amides is 1. The second kappa shape index (κ2) is 5.88. The maximum absolute atomic E-state index is 11.5. The third kappa shape index (κ3) is 2.58. The number of hydrogen-bond acceptors (Lipinski definition) is 4. The van der Waals surface area contributed by atoms with Crippen molar-refractivity contribution in [2.75, 3.05) is 21.3 Å². The van der Waals surface area contributed by atoms with Crippen LogP contribution in [0.4, 0.5) is 4.79 Å². The molecular formula is C14H14ClNO4. The molecule has 0 aromatic heterocycles. The maximum atomic E-state index is 11.5. The van der Waals surface area contributed by atoms with E-state index in [4.69, 9.17) is 25.8 Å². The summed E-state index contributed by atoms with van der Waals surface area (Å²) in [5.41, 5.74) is 0. The van der Waals surface area contributed by atoms with Crippen molar-refractivity contribution in [2.45, 2.75) is 0 Å². The molecule has 0 atom stereocenters. The van der Waals surface area contributed by atoms with Gasteiger partial charge in [-0.3, -0.25) is 0 Å². The fourth-order valence-corrected chi connectivity index (χ4v) is 2.06. The highest BCUT2D eigenvalue weighted by Gasteiger charge is 2.17. The van der Waals surface area contributed by atoms with Crippen LogP contribution in [-0.4, -0.2) is 27.4 Å². The Morgan fingerprint density at radius 1 is 1.10 bits per heavy atom. The molecule has 0 radical (unpaired) electrons. The van der Waals surface area contributed by atoms with Crippen molar-refractivity contribution < 1.29 is 19.0 Å². The molecule has 0 bridgehead atoms. The lowest BCUT2D eigenvalue weighted by Crippen LogP contribution is -2.22. The lowest BCUT2D eigenvalue weighted by Gasteiger charge is -2.15. The first-order valence-corrected chi connectivity index (χ1v) is 6.22. The minimum atomic E-state index is -0.579. The first-order chi connectivity index (χ1) is 9.60. The van der Waals surface area contributed by atoms with Crippen LogP contribution in [0.15, 0.2) is 24.3 Å². The Hall–Kier alpha value is -2.14. The Bertz CT molecular complexity index is 657. The molecule has 1 amide bonds. The predicted molar refractivity (Wildman–Crippen MR) is 77.1 cm³/mol. The van der Waals surface area contributed by atoms with E-state index in [0.29, 0.717) is 27.7 Å². The van der Waals surface area contributed by atoms with E-state index in [2.05, 4.69) is 5.32 Å². The molecule has 2 aromatic carbocycles. The predicted octanol–water partition coefficient (Wildman–Crippen LogP) is 3.23. The summed E-state index contributed by atoms with van der Waals surface area (Å²) in [5.74, 6) is 1.31. The number of carbonyl (C=O) groups excluding carboxylic acids is 1. The van der Waals surface area contributed by atoms with Crippen LogP contribution < -0.4 is 19.5 Å². The number of hydrogen-bond donors (Lipinski definition) is 1. The van der Waals surface area contributed by atoms with Gasteiger partial charge in [0.15, 0.2) is 11.5 Å². The summed E-state index contributed by atoms with van der Waals surface area (Å²) in [6.45, 7) is 0. The van der Waals surface area contributed by atoms with Gasteiger partial charge in [-0.2, -0.15) is 0 Å². The summed E-state index contributed by atoms with van der Waals surface area (Å²) in [5, 5.41) is 4.37. The van der Waals surface area contributed by atoms with Crippen LogP contribution >= 0.6 is 11.6 Å². The van der Waals surface area contributed by atoms with Gasteiger partial charge in [-0.25, -0.2) is 4.79 Å². The molecule has 0 aliphatic heterocycles. The maximum Gasteiger partial charge on any atom is 0.412 e. The molecule has 0 fully saturated rings. The van der Waals surface area contributed by atoms with Crippen LogP contribution in [0.1, 0.15) is 0 Å². The van der Waals surface area contributed by atoms with Gasteiger partial charge in [-0.1, -0.05) is 11.6 Å². The fraction of sp³-hybridized carbons (Fsp3) is 0.214. The highest BCUT2D eigenvalue weighted by molar-refractivity contribution is 6.31. The lowest BCUT2D eigenvalue weighted by atomic mass is 10.1. The SMILES string of the molecule is CNC(=O)Oc1c(OC)cc(OC)c2cc(Cl)ccc12. The highest BCUT2D eigenvalue weighted by atomic mass is 35.5. The summed E-state index contributed by atoms with van der Waals surface area (Å²) in [6.07, 6.45) is -0.579. The largest absolute Gasteiger partial charge is 0.496 e. The minimum absolute atomic E-state index is 0.319. The van der Waals surface area contributed by atoms with Crippen molar-refractivity contribution >= 4 is 28.5 Å². The first-order valence-electron chi connectivity index (χ1n) is 5.84. The van der Waals surface area contributed by atoms with Crippen molar-refractivity contribution in [3.8, 4) is 17.2 Å². The second-order valence-electron chi connectivity index (χ2n) is 3.94. The van der Waals surface area contributed by atoms with E-state index in [9.17, 15) is 4.79 Å². The number of benzene rings is 2. The number of ether oxygens (including phenoxy) is 3. The zero-order chi connectivity index (χ0) is 14.7. The Morgan fingerprint density at radius 3 is 2.40 bits per heavy atom. The van der Waals surface area contributed by atoms with Crippen LogP contribution in [0.5, 0.6) is 17.2 Å². The average molecular weight is 296 g/mol. The van der Waals surface area contributed by atoms with E-state index < -0.39 is 6.09 Å². The molecule has 2 aromatic rings. The summed E-state index contributed by atoms with van der Waals surface area (Å²) in [7, 11) is 4.53. The molecule has 2 rings (SSSR count). The van der Waals surface area contributed by atoms with E-state index in [1.54, 1.807) is 31.4 Å². The average Bonchev–Trinajstić information content (AvgIpc) is 2.47. The van der Waals surface area contributed by atoms with Gasteiger partial charge in [0.25, 0.3) is 0 Å². The molecule has 0 aliphatic rings. The molecule has 0 saturated carbocycles. The van der Waals surface area contributed by atoms with Crippen molar-refractivity contribution in [1.29, 1.82) is 0 Å². The van der Waals surface area contributed by atoms with Gasteiger partial charge in [-0.15, -0.1) is 0 Å². The smallest absolute Gasteiger partial charge is 0.412 e. The van der Waals surface area contributed by atoms with Crippen LogP contribution in [0, 0.1) is 0 Å². The number of fused-ring (bicyclic) bond motifs is 1. The summed E-state index contributed by atoms with van der Waals surface area (Å²) in [4.78, 5) is 11.5. The molecule has 5 nitrogen and oxygen atoms in total. The quantitative estimate of drug-likeness (QED) is 0.944. The Labute approximate surface area is 121 Å². The van der Waals surface area contributed by atoms with Crippen molar-refractivity contribution in [3.05, 3.63) is 29.3 Å². The Balaban J connectivity index is 2.73. The summed E-state index contributed by atoms with van der Waals surface area (Å²) < 4.78 is 15.8. The van der Waals surface area contributed by atoms with E-state index in [-0.39, 0.29) is 0 Å². The fourth-order valence-electron chi connectivity index (χ4n) is 1.88. The third-order valence-electron chi connectivity index (χ3n) is 2.82. The number of methoxy groups -OCH3 is 2. The van der Waals surface area contributed by atoms with E-state index >= 15 is 0 Å². The molecule has 0 heterocycles. The Kier molecular flexibility index (Phi) is 4.20. The van der Waals surface area contributed by atoms with Gasteiger partial charge in [0.2, 0.25) is 0 Å². The Morgan fingerprint density at radius 2 is 1.80 bits per heavy atom. The van der Waals surface area contributed by atoms with E-state index in [0.717, 1.165) is 5.39 Å². The normalized spacial score (nSPS) is 10.2. The second-order valence-corrected chi connectivity index (χ2v) is 4.38. The monoisotopic (exact) mass is 295 g/mol. The van der Waals surface area contributed by atoms with Gasteiger partial charge in [0.1, 0.15) is 5.75 Å². The van der Waals surface area contributed by atoms with Gasteiger partial charge in [-0.05, 0) is 18.2 Å². The first kappa shape index (κ1) is 14.3. The van der Waals surface area contributed by atoms with Gasteiger partial charge >= 0.3 is 6.09 Å². The van der Waals surface area contributed by atoms with E-state index in [1.807, 2.05) is 0 Å². The molecule has 0 unspecified atom stereocenters. The molecule has 106 valence electrons. The van der Waals surface area contributed by atoms with Gasteiger partial charge < -0.3 is 19.5 Å². The van der Waals surface area contributed by atoms with Crippen LogP contribution in [0.25, 0.3) is 10.8 Å². The summed E-state index contributed by atoms with van der Waals surface area (Å²) >= 11 is 6.00. The van der Waals surface area contributed by atoms with E-state index in [1.165, 1.54) is 14.2 Å². The molecule has 6 heteroatoms. The standard InChI is InChI=1S/C14H14ClNO4/c1-16-14(17)20-13-9-5-4-8(15)6-10(9)11(18-2)7-12(13)19-3/h4-7H,1-3H3,(H,16,17). The molecule has 1 N–H and O–H groups in total. The number of rotatable bonds is 3. The van der Waals surface area contributed by atoms with Crippen molar-refractivity contribution in [1.82, 2.24) is 5.32 Å². The zero-order valence-corrected chi connectivity index (χ0v) is 12.1. The van der Waals surface area contributed by atoms with Gasteiger partial charge in [0.05, 0.1) is 14.2 Å². The molecule has 0 saturated heterocycles. The third-order valence-corrected chi connectivity index (χ3v) is 3.05. The zero-order valence-electron chi connectivity index (χ0n) is 11.3. The number of carbonyl (C=O) groups is 1. The van der Waals surface area contributed by atoms with Gasteiger partial charge in [0, 0.05) is 28.9 Å². The minimum Gasteiger partial charge on any atom is -0.496 e. The molecule has 0 aliphatic carbocycles. The molecule has 20 heavy (non-hydrogen) atoms. The van der Waals surface area contributed by atoms with Crippen LogP contribution in [-0.2, 0) is 0 Å². The lowest BCUT2D eigenvalue weighted by molar-refractivity contribution is 0.201. The number of nitrogens with one attached hydrogen (secondary N) is 1. The number of halogens is 1.